The van der Waals surface area contributed by atoms with Crippen LogP contribution in [0.3, 0.4) is 0 Å². The van der Waals surface area contributed by atoms with E-state index in [-0.39, 0.29) is 5.78 Å². The fourth-order valence-corrected chi connectivity index (χ4v) is 6.09. The molecular weight excluding hydrogens is 564 g/mol. The summed E-state index contributed by atoms with van der Waals surface area (Å²) in [5, 5.41) is 15.9. The Bertz CT molecular complexity index is 2190. The minimum Gasteiger partial charge on any atom is -0.356 e. The van der Waals surface area contributed by atoms with Crippen LogP contribution in [-0.2, 0) is 0 Å². The number of nitrogens with one attached hydrogen (secondary N) is 4. The van der Waals surface area contributed by atoms with Crippen LogP contribution in [0.1, 0.15) is 15.9 Å². The molecule has 0 aromatic heterocycles. The molecule has 0 amide bonds. The van der Waals surface area contributed by atoms with E-state index in [0.29, 0.717) is 5.56 Å². The molecule has 0 saturated carbocycles. The Hall–Kier alpha value is -6.33. The predicted molar refractivity (Wildman–Crippen MR) is 192 cm³/mol. The molecule has 5 nitrogen and oxygen atoms in total. The van der Waals surface area contributed by atoms with Gasteiger partial charge in [-0.1, -0.05) is 66.7 Å². The van der Waals surface area contributed by atoms with Crippen LogP contribution < -0.4 is 21.3 Å². The average Bonchev–Trinajstić information content (AvgIpc) is 3.10. The Morgan fingerprint density at radius 1 is 0.326 bits per heavy atom. The molecule has 0 heterocycles. The molecule has 7 aromatic carbocycles. The summed E-state index contributed by atoms with van der Waals surface area (Å²) in [4.78, 5) is 13.9. The molecule has 46 heavy (non-hydrogen) atoms. The molecule has 0 bridgehead atoms. The Morgan fingerprint density at radius 2 is 0.804 bits per heavy atom. The summed E-state index contributed by atoms with van der Waals surface area (Å²) in [6.07, 6.45) is 0. The first-order valence-corrected chi connectivity index (χ1v) is 15.3. The summed E-state index contributed by atoms with van der Waals surface area (Å²) in [5.41, 5.74) is 11.3. The number of carbonyl (C=O) groups excluding carboxylic acids is 1. The molecule has 0 spiro atoms. The number of carbonyl (C=O) groups is 1. The smallest absolute Gasteiger partial charge is 0.194 e. The third-order valence-electron chi connectivity index (χ3n) is 8.30. The van der Waals surface area contributed by atoms with Gasteiger partial charge in [-0.15, -0.1) is 0 Å². The lowest BCUT2D eigenvalue weighted by molar-refractivity contribution is 0.104. The molecule has 0 radical (unpaired) electrons. The molecule has 1 aliphatic carbocycles. The average molecular weight is 595 g/mol. The van der Waals surface area contributed by atoms with E-state index in [4.69, 9.17) is 0 Å². The van der Waals surface area contributed by atoms with Gasteiger partial charge in [-0.3, -0.25) is 4.79 Å². The zero-order chi connectivity index (χ0) is 30.9. The summed E-state index contributed by atoms with van der Waals surface area (Å²) >= 11 is 0. The second-order valence-corrected chi connectivity index (χ2v) is 11.4. The maximum absolute atomic E-state index is 13.9. The molecule has 8 rings (SSSR count). The first kappa shape index (κ1) is 27.2. The minimum absolute atomic E-state index is 0.0349. The van der Waals surface area contributed by atoms with Crippen molar-refractivity contribution in [2.45, 2.75) is 0 Å². The van der Waals surface area contributed by atoms with Crippen molar-refractivity contribution in [1.29, 1.82) is 0 Å². The van der Waals surface area contributed by atoms with Crippen molar-refractivity contribution in [2.24, 2.45) is 0 Å². The molecule has 0 atom stereocenters. The molecule has 1 aliphatic rings. The lowest BCUT2D eigenvalue weighted by Crippen LogP contribution is -2.11. The Kier molecular flexibility index (Phi) is 6.89. The van der Waals surface area contributed by atoms with E-state index in [1.165, 1.54) is 0 Å². The van der Waals surface area contributed by atoms with Gasteiger partial charge in [0.15, 0.2) is 5.78 Å². The SMILES string of the molecule is O=C1c2cc(Nc3ccc(Nc4ccccc4)cc3)ccc2-c2ccc(Nc3ccc(Nc4ccccc4)cc3)c3cccc1c23. The van der Waals surface area contributed by atoms with Gasteiger partial charge in [-0.2, -0.15) is 0 Å². The third-order valence-corrected chi connectivity index (χ3v) is 8.30. The van der Waals surface area contributed by atoms with Gasteiger partial charge >= 0.3 is 0 Å². The van der Waals surface area contributed by atoms with Gasteiger partial charge in [-0.25, -0.2) is 0 Å². The molecule has 5 heteroatoms. The molecule has 220 valence electrons. The van der Waals surface area contributed by atoms with E-state index in [0.717, 1.165) is 73.0 Å². The van der Waals surface area contributed by atoms with Crippen molar-refractivity contribution in [3.63, 3.8) is 0 Å². The second-order valence-electron chi connectivity index (χ2n) is 11.4. The van der Waals surface area contributed by atoms with E-state index in [1.807, 2.05) is 109 Å². The van der Waals surface area contributed by atoms with Crippen LogP contribution in [-0.4, -0.2) is 5.78 Å². The Morgan fingerprint density at radius 3 is 1.39 bits per heavy atom. The van der Waals surface area contributed by atoms with Crippen molar-refractivity contribution in [3.8, 4) is 11.1 Å². The third kappa shape index (κ3) is 5.31. The van der Waals surface area contributed by atoms with Gasteiger partial charge < -0.3 is 21.3 Å². The monoisotopic (exact) mass is 594 g/mol. The highest BCUT2D eigenvalue weighted by Gasteiger charge is 2.26. The molecule has 7 aromatic rings. The zero-order valence-corrected chi connectivity index (χ0v) is 24.9. The van der Waals surface area contributed by atoms with Gasteiger partial charge in [0.05, 0.1) is 0 Å². The van der Waals surface area contributed by atoms with E-state index >= 15 is 0 Å². The van der Waals surface area contributed by atoms with Gasteiger partial charge in [0.2, 0.25) is 0 Å². The number of rotatable bonds is 8. The lowest BCUT2D eigenvalue weighted by Gasteiger charge is -2.22. The van der Waals surface area contributed by atoms with Crippen molar-refractivity contribution in [2.75, 3.05) is 21.3 Å². The van der Waals surface area contributed by atoms with Gasteiger partial charge in [0.1, 0.15) is 0 Å². The van der Waals surface area contributed by atoms with Crippen LogP contribution in [0.25, 0.3) is 21.9 Å². The van der Waals surface area contributed by atoms with E-state index in [9.17, 15) is 4.79 Å². The molecule has 0 fully saturated rings. The summed E-state index contributed by atoms with van der Waals surface area (Å²) < 4.78 is 0. The van der Waals surface area contributed by atoms with Crippen LogP contribution in [0, 0.1) is 0 Å². The molecule has 4 N–H and O–H groups in total. The summed E-state index contributed by atoms with van der Waals surface area (Å²) in [6, 6.07) is 52.9. The largest absolute Gasteiger partial charge is 0.356 e. The topological polar surface area (TPSA) is 65.2 Å². The van der Waals surface area contributed by atoms with Crippen LogP contribution in [0.15, 0.2) is 158 Å². The number of anilines is 8. The van der Waals surface area contributed by atoms with E-state index < -0.39 is 0 Å². The summed E-state index contributed by atoms with van der Waals surface area (Å²) in [7, 11) is 0. The minimum atomic E-state index is 0.0349. The standard InChI is InChI=1S/C41H30N4O/c46-41-37-13-7-12-36-39(45-32-20-18-30(19-21-32)43-28-10-5-2-6-11-28)25-24-35(40(36)37)34-23-22-33(26-38(34)41)44-31-16-14-29(15-17-31)42-27-8-3-1-4-9-27/h1-26,42-45H. The first-order chi connectivity index (χ1) is 22.7. The predicted octanol–water partition coefficient (Wildman–Crippen LogP) is 11.0. The fourth-order valence-electron chi connectivity index (χ4n) is 6.09. The number of hydrogen-bond acceptors (Lipinski definition) is 5. The highest BCUT2D eigenvalue weighted by molar-refractivity contribution is 6.27. The van der Waals surface area contributed by atoms with Crippen LogP contribution in [0.5, 0.6) is 0 Å². The van der Waals surface area contributed by atoms with Gasteiger partial charge in [0.25, 0.3) is 0 Å². The lowest BCUT2D eigenvalue weighted by atomic mass is 9.82. The maximum Gasteiger partial charge on any atom is 0.194 e. The quantitative estimate of drug-likeness (QED) is 0.141. The summed E-state index contributed by atoms with van der Waals surface area (Å²) in [5.74, 6) is 0.0349. The zero-order valence-electron chi connectivity index (χ0n) is 24.9. The van der Waals surface area contributed by atoms with Crippen molar-refractivity contribution in [1.82, 2.24) is 0 Å². The van der Waals surface area contributed by atoms with Gasteiger partial charge in [0, 0.05) is 67.4 Å². The highest BCUT2D eigenvalue weighted by atomic mass is 16.1. The number of fused-ring (bicyclic) bond motifs is 2. The normalized spacial score (nSPS) is 11.5. The number of ketones is 1. The first-order valence-electron chi connectivity index (χ1n) is 15.3. The fraction of sp³-hybridized carbons (Fsp3) is 0. The van der Waals surface area contributed by atoms with Crippen molar-refractivity contribution in [3.05, 3.63) is 169 Å². The molecule has 0 aliphatic heterocycles. The maximum atomic E-state index is 13.9. The van der Waals surface area contributed by atoms with E-state index in [2.05, 4.69) is 69.8 Å². The highest BCUT2D eigenvalue weighted by Crippen LogP contribution is 2.43. The number of hydrogen-bond donors (Lipinski definition) is 4. The molecular formula is C41H30N4O. The van der Waals surface area contributed by atoms with Crippen LogP contribution >= 0.6 is 0 Å². The van der Waals surface area contributed by atoms with E-state index in [1.54, 1.807) is 0 Å². The number of benzene rings is 7. The summed E-state index contributed by atoms with van der Waals surface area (Å²) in [6.45, 7) is 0. The molecule has 0 saturated heterocycles. The van der Waals surface area contributed by atoms with Crippen molar-refractivity contribution < 1.29 is 4.79 Å². The molecule has 0 unspecified atom stereocenters. The Labute approximate surface area is 267 Å². The second kappa shape index (κ2) is 11.6. The van der Waals surface area contributed by atoms with Gasteiger partial charge in [-0.05, 0) is 102 Å². The van der Waals surface area contributed by atoms with Crippen LogP contribution in [0.4, 0.5) is 45.5 Å². The Balaban J connectivity index is 1.04. The number of para-hydroxylation sites is 2. The van der Waals surface area contributed by atoms with Crippen LogP contribution in [0.2, 0.25) is 0 Å². The van der Waals surface area contributed by atoms with Crippen molar-refractivity contribution >= 4 is 62.1 Å².